The van der Waals surface area contributed by atoms with E-state index in [1.165, 1.54) is 5.56 Å². The first-order chi connectivity index (χ1) is 11.7. The van der Waals surface area contributed by atoms with Crippen LogP contribution in [0, 0.1) is 6.92 Å². The van der Waals surface area contributed by atoms with Gasteiger partial charge in [0.05, 0.1) is 11.3 Å². The molecule has 2 aromatic heterocycles. The molecule has 4 rings (SSSR count). The molecule has 2 N–H and O–H groups in total. The van der Waals surface area contributed by atoms with Crippen LogP contribution in [0.15, 0.2) is 48.7 Å². The van der Waals surface area contributed by atoms with Crippen LogP contribution in [-0.2, 0) is 12.8 Å². The minimum absolute atomic E-state index is 0.102. The molecule has 0 aliphatic heterocycles. The molecule has 0 fully saturated rings. The first-order valence-corrected chi connectivity index (χ1v) is 8.26. The number of H-pyrrole nitrogens is 1. The van der Waals surface area contributed by atoms with Crippen molar-refractivity contribution in [1.82, 2.24) is 9.97 Å². The summed E-state index contributed by atoms with van der Waals surface area (Å²) < 4.78 is 0. The van der Waals surface area contributed by atoms with Crippen molar-refractivity contribution in [2.45, 2.75) is 26.2 Å². The first-order valence-electron chi connectivity index (χ1n) is 8.26. The zero-order valence-corrected chi connectivity index (χ0v) is 13.6. The fraction of sp³-hybridized carbons (Fsp3) is 0.200. The van der Waals surface area contributed by atoms with E-state index < -0.39 is 0 Å². The summed E-state index contributed by atoms with van der Waals surface area (Å²) in [6.07, 6.45) is 4.79. The SMILES string of the molecule is Cc1ccc2c(n1)-c1c(C(=O)Nc3ccccc3)c[nH]c1CCC2. The molecule has 0 bridgehead atoms. The molecule has 24 heavy (non-hydrogen) atoms. The van der Waals surface area contributed by atoms with Crippen LogP contribution in [0.1, 0.15) is 33.7 Å². The van der Waals surface area contributed by atoms with Crippen LogP contribution in [0.5, 0.6) is 0 Å². The van der Waals surface area contributed by atoms with Gasteiger partial charge in [-0.15, -0.1) is 0 Å². The molecule has 120 valence electrons. The van der Waals surface area contributed by atoms with Crippen molar-refractivity contribution >= 4 is 11.6 Å². The molecule has 0 saturated heterocycles. The molecule has 1 aromatic carbocycles. The predicted octanol–water partition coefficient (Wildman–Crippen LogP) is 4.13. The fourth-order valence-electron chi connectivity index (χ4n) is 3.29. The minimum Gasteiger partial charge on any atom is -0.364 e. The van der Waals surface area contributed by atoms with Gasteiger partial charge in [0.25, 0.3) is 5.91 Å². The van der Waals surface area contributed by atoms with Gasteiger partial charge in [-0.3, -0.25) is 9.78 Å². The van der Waals surface area contributed by atoms with E-state index in [2.05, 4.69) is 16.4 Å². The number of pyridine rings is 1. The molecule has 0 atom stereocenters. The van der Waals surface area contributed by atoms with E-state index in [1.54, 1.807) is 0 Å². The first kappa shape index (κ1) is 14.7. The molecule has 4 heteroatoms. The number of carbonyl (C=O) groups excluding carboxylic acids is 1. The number of carbonyl (C=O) groups is 1. The number of anilines is 1. The van der Waals surface area contributed by atoms with Crippen molar-refractivity contribution in [3.8, 4) is 11.3 Å². The molecule has 0 saturated carbocycles. The van der Waals surface area contributed by atoms with Crippen molar-refractivity contribution < 1.29 is 4.79 Å². The number of amides is 1. The summed E-state index contributed by atoms with van der Waals surface area (Å²) in [6.45, 7) is 1.99. The number of aryl methyl sites for hydroxylation is 3. The Bertz CT molecular complexity index is 897. The summed E-state index contributed by atoms with van der Waals surface area (Å²) in [6, 6.07) is 13.7. The van der Waals surface area contributed by atoms with Crippen molar-refractivity contribution in [1.29, 1.82) is 0 Å². The van der Waals surface area contributed by atoms with E-state index in [-0.39, 0.29) is 5.91 Å². The zero-order valence-electron chi connectivity index (χ0n) is 13.6. The number of hydrogen-bond acceptors (Lipinski definition) is 2. The maximum Gasteiger partial charge on any atom is 0.257 e. The molecule has 1 aliphatic rings. The molecule has 0 unspecified atom stereocenters. The van der Waals surface area contributed by atoms with Gasteiger partial charge in [0.1, 0.15) is 0 Å². The monoisotopic (exact) mass is 317 g/mol. The van der Waals surface area contributed by atoms with Gasteiger partial charge >= 0.3 is 0 Å². The lowest BCUT2D eigenvalue weighted by Gasteiger charge is -2.10. The van der Waals surface area contributed by atoms with Crippen LogP contribution >= 0.6 is 0 Å². The van der Waals surface area contributed by atoms with Gasteiger partial charge in [-0.25, -0.2) is 0 Å². The summed E-state index contributed by atoms with van der Waals surface area (Å²) in [4.78, 5) is 20.8. The highest BCUT2D eigenvalue weighted by molar-refractivity contribution is 6.09. The number of nitrogens with zero attached hydrogens (tertiary/aromatic N) is 1. The number of hydrogen-bond donors (Lipinski definition) is 2. The van der Waals surface area contributed by atoms with Crippen LogP contribution in [0.2, 0.25) is 0 Å². The molecule has 2 heterocycles. The molecule has 4 nitrogen and oxygen atoms in total. The molecule has 1 aliphatic carbocycles. The summed E-state index contributed by atoms with van der Waals surface area (Å²) in [5, 5.41) is 2.97. The maximum absolute atomic E-state index is 12.8. The average Bonchev–Trinajstić information content (AvgIpc) is 2.93. The molecule has 0 radical (unpaired) electrons. The van der Waals surface area contributed by atoms with Crippen LogP contribution in [0.4, 0.5) is 5.69 Å². The van der Waals surface area contributed by atoms with Crippen molar-refractivity contribution in [2.75, 3.05) is 5.32 Å². The Morgan fingerprint density at radius 1 is 1.12 bits per heavy atom. The van der Waals surface area contributed by atoms with Crippen LogP contribution < -0.4 is 5.32 Å². The van der Waals surface area contributed by atoms with Crippen LogP contribution in [0.25, 0.3) is 11.3 Å². The second-order valence-corrected chi connectivity index (χ2v) is 6.19. The van der Waals surface area contributed by atoms with E-state index >= 15 is 0 Å². The number of aromatic amines is 1. The van der Waals surface area contributed by atoms with E-state index in [9.17, 15) is 4.79 Å². The van der Waals surface area contributed by atoms with E-state index in [0.717, 1.165) is 47.6 Å². The number of para-hydroxylation sites is 1. The van der Waals surface area contributed by atoms with Crippen molar-refractivity contribution in [3.63, 3.8) is 0 Å². The zero-order chi connectivity index (χ0) is 16.5. The number of rotatable bonds is 2. The number of fused-ring (bicyclic) bond motifs is 3. The standard InChI is InChI=1S/C20H19N3O/c1-13-10-11-14-6-5-9-17-18(19(14)22-13)16(12-21-17)20(24)23-15-7-3-2-4-8-15/h2-4,7-8,10-12,21H,5-6,9H2,1H3,(H,23,24). The Morgan fingerprint density at radius 3 is 2.79 bits per heavy atom. The van der Waals surface area contributed by atoms with Crippen molar-refractivity contribution in [2.24, 2.45) is 0 Å². The van der Waals surface area contributed by atoms with Gasteiger partial charge in [-0.1, -0.05) is 24.3 Å². The van der Waals surface area contributed by atoms with E-state index in [0.29, 0.717) is 5.56 Å². The van der Waals surface area contributed by atoms with Gasteiger partial charge in [0.15, 0.2) is 0 Å². The van der Waals surface area contributed by atoms with Gasteiger partial charge in [0, 0.05) is 28.8 Å². The Balaban J connectivity index is 1.78. The highest BCUT2D eigenvalue weighted by Gasteiger charge is 2.24. The molecular formula is C20H19N3O. The number of aromatic nitrogens is 2. The lowest BCUT2D eigenvalue weighted by atomic mass is 10.0. The van der Waals surface area contributed by atoms with Crippen LogP contribution in [-0.4, -0.2) is 15.9 Å². The lowest BCUT2D eigenvalue weighted by Crippen LogP contribution is -2.12. The van der Waals surface area contributed by atoms with Crippen LogP contribution in [0.3, 0.4) is 0 Å². The number of nitrogens with one attached hydrogen (secondary N) is 2. The van der Waals surface area contributed by atoms with Gasteiger partial charge in [0.2, 0.25) is 0 Å². The number of benzene rings is 1. The van der Waals surface area contributed by atoms with Gasteiger partial charge in [-0.05, 0) is 49.9 Å². The average molecular weight is 317 g/mol. The summed E-state index contributed by atoms with van der Waals surface area (Å²) in [5.41, 5.74) is 6.65. The summed E-state index contributed by atoms with van der Waals surface area (Å²) in [7, 11) is 0. The third-order valence-corrected chi connectivity index (χ3v) is 4.47. The third kappa shape index (κ3) is 2.60. The highest BCUT2D eigenvalue weighted by atomic mass is 16.1. The lowest BCUT2D eigenvalue weighted by molar-refractivity contribution is 0.102. The van der Waals surface area contributed by atoms with E-state index in [4.69, 9.17) is 4.98 Å². The molecule has 1 amide bonds. The molecule has 0 spiro atoms. The second-order valence-electron chi connectivity index (χ2n) is 6.19. The molecule has 3 aromatic rings. The normalized spacial score (nSPS) is 12.9. The quantitative estimate of drug-likeness (QED) is 0.747. The topological polar surface area (TPSA) is 57.8 Å². The van der Waals surface area contributed by atoms with Crippen molar-refractivity contribution in [3.05, 3.63) is 71.2 Å². The Labute approximate surface area is 141 Å². The smallest absolute Gasteiger partial charge is 0.257 e. The Morgan fingerprint density at radius 2 is 1.96 bits per heavy atom. The molecular weight excluding hydrogens is 298 g/mol. The predicted molar refractivity (Wildman–Crippen MR) is 95.2 cm³/mol. The summed E-state index contributed by atoms with van der Waals surface area (Å²) in [5.74, 6) is -0.102. The second kappa shape index (κ2) is 5.96. The largest absolute Gasteiger partial charge is 0.364 e. The Kier molecular flexibility index (Phi) is 3.65. The minimum atomic E-state index is -0.102. The summed E-state index contributed by atoms with van der Waals surface area (Å²) >= 11 is 0. The fourth-order valence-corrected chi connectivity index (χ4v) is 3.29. The highest BCUT2D eigenvalue weighted by Crippen LogP contribution is 2.34. The van der Waals surface area contributed by atoms with Gasteiger partial charge in [-0.2, -0.15) is 0 Å². The van der Waals surface area contributed by atoms with Gasteiger partial charge < -0.3 is 10.3 Å². The van der Waals surface area contributed by atoms with E-state index in [1.807, 2.05) is 49.5 Å². The third-order valence-electron chi connectivity index (χ3n) is 4.47. The maximum atomic E-state index is 12.8. The Hall–Kier alpha value is -2.88.